The van der Waals surface area contributed by atoms with Crippen LogP contribution in [0.15, 0.2) is 30.5 Å². The summed E-state index contributed by atoms with van der Waals surface area (Å²) in [5.74, 6) is 0.582. The van der Waals surface area contributed by atoms with E-state index < -0.39 is 5.91 Å². The third kappa shape index (κ3) is 4.91. The summed E-state index contributed by atoms with van der Waals surface area (Å²) in [4.78, 5) is 39.9. The second-order valence-corrected chi connectivity index (χ2v) is 8.93. The molecule has 3 heterocycles. The lowest BCUT2D eigenvalue weighted by atomic mass is 9.95. The zero-order chi connectivity index (χ0) is 22.7. The van der Waals surface area contributed by atoms with Crippen LogP contribution in [0.5, 0.6) is 0 Å². The third-order valence-corrected chi connectivity index (χ3v) is 6.45. The van der Waals surface area contributed by atoms with Gasteiger partial charge in [0.1, 0.15) is 0 Å². The number of primary amides is 1. The van der Waals surface area contributed by atoms with E-state index in [9.17, 15) is 9.59 Å². The molecule has 2 amide bonds. The summed E-state index contributed by atoms with van der Waals surface area (Å²) in [6.45, 7) is 4.51. The summed E-state index contributed by atoms with van der Waals surface area (Å²) in [5.41, 5.74) is 8.67. The predicted molar refractivity (Wildman–Crippen MR) is 125 cm³/mol. The van der Waals surface area contributed by atoms with Gasteiger partial charge in [-0.3, -0.25) is 9.59 Å². The maximum Gasteiger partial charge on any atom is 0.248 e. The van der Waals surface area contributed by atoms with Gasteiger partial charge in [-0.25, -0.2) is 9.97 Å². The second-order valence-electron chi connectivity index (χ2n) is 8.93. The number of likely N-dealkylation sites (tertiary alicyclic amines) is 2. The summed E-state index contributed by atoms with van der Waals surface area (Å²) >= 11 is 0. The molecular formula is C24H32N6O2. The lowest BCUT2D eigenvalue weighted by molar-refractivity contribution is -0.130. The molecule has 2 aliphatic heterocycles. The number of rotatable bonds is 7. The molecule has 1 atom stereocenters. The monoisotopic (exact) mass is 436 g/mol. The molecule has 8 nitrogen and oxygen atoms in total. The lowest BCUT2D eigenvalue weighted by Gasteiger charge is -2.21. The molecule has 8 heteroatoms. The highest BCUT2D eigenvalue weighted by Crippen LogP contribution is 2.34. The maximum absolute atomic E-state index is 12.8. The Bertz CT molecular complexity index is 969. The maximum atomic E-state index is 12.8. The first-order valence-corrected chi connectivity index (χ1v) is 11.4. The number of hydrogen-bond donors (Lipinski definition) is 1. The molecule has 1 aromatic heterocycles. The molecule has 32 heavy (non-hydrogen) atoms. The van der Waals surface area contributed by atoms with Crippen LogP contribution in [0.3, 0.4) is 0 Å². The number of nitrogens with zero attached hydrogens (tertiary/aromatic N) is 5. The third-order valence-electron chi connectivity index (χ3n) is 6.45. The Kier molecular flexibility index (Phi) is 6.69. The van der Waals surface area contributed by atoms with Crippen molar-refractivity contribution in [2.75, 3.05) is 51.7 Å². The van der Waals surface area contributed by atoms with Crippen molar-refractivity contribution in [2.45, 2.75) is 31.6 Å². The molecule has 2 saturated heterocycles. The summed E-state index contributed by atoms with van der Waals surface area (Å²) in [5, 5.41) is 0. The van der Waals surface area contributed by atoms with Gasteiger partial charge in [-0.2, -0.15) is 0 Å². The number of hydrogen-bond acceptors (Lipinski definition) is 6. The van der Waals surface area contributed by atoms with E-state index in [2.05, 4.69) is 9.88 Å². The Morgan fingerprint density at radius 1 is 1.12 bits per heavy atom. The van der Waals surface area contributed by atoms with Gasteiger partial charge in [0.2, 0.25) is 17.8 Å². The second kappa shape index (κ2) is 9.65. The number of carbonyl (C=O) groups excluding carboxylic acids is 2. The smallest absolute Gasteiger partial charge is 0.248 e. The first-order chi connectivity index (χ1) is 15.4. The fraction of sp³-hybridized carbons (Fsp3) is 0.500. The van der Waals surface area contributed by atoms with Crippen molar-refractivity contribution < 1.29 is 9.59 Å². The summed E-state index contributed by atoms with van der Waals surface area (Å²) in [6.07, 6.45) is 5.79. The highest BCUT2D eigenvalue weighted by molar-refractivity contribution is 5.93. The van der Waals surface area contributed by atoms with E-state index in [1.165, 1.54) is 12.8 Å². The van der Waals surface area contributed by atoms with E-state index in [1.807, 2.05) is 42.2 Å². The van der Waals surface area contributed by atoms with Gasteiger partial charge in [-0.15, -0.1) is 0 Å². The molecule has 0 aliphatic carbocycles. The van der Waals surface area contributed by atoms with E-state index in [1.54, 1.807) is 12.1 Å². The fourth-order valence-electron chi connectivity index (χ4n) is 4.58. The molecule has 2 fully saturated rings. The first-order valence-electron chi connectivity index (χ1n) is 11.4. The molecule has 0 spiro atoms. The lowest BCUT2D eigenvalue weighted by Crippen LogP contribution is -2.32. The number of anilines is 1. The minimum atomic E-state index is -0.449. The largest absolute Gasteiger partial charge is 0.366 e. The van der Waals surface area contributed by atoms with E-state index in [0.29, 0.717) is 24.5 Å². The predicted octanol–water partition coefficient (Wildman–Crippen LogP) is 2.11. The number of carbonyl (C=O) groups is 2. The minimum Gasteiger partial charge on any atom is -0.366 e. The molecule has 0 saturated carbocycles. The first kappa shape index (κ1) is 22.2. The average molecular weight is 437 g/mol. The topological polar surface area (TPSA) is 95.7 Å². The quantitative estimate of drug-likeness (QED) is 0.714. The average Bonchev–Trinajstić information content (AvgIpc) is 3.49. The summed E-state index contributed by atoms with van der Waals surface area (Å²) in [6, 6.07) is 7.21. The number of amides is 2. The number of benzene rings is 1. The SMILES string of the molecule is CN(C)c1ncc(-c2ccc(C(N)=O)cc2)c([C@@H]2CCN(C(=O)CCN3CCCC3)C2)n1. The van der Waals surface area contributed by atoms with Crippen molar-refractivity contribution in [2.24, 2.45) is 5.73 Å². The van der Waals surface area contributed by atoms with Crippen molar-refractivity contribution in [1.29, 1.82) is 0 Å². The van der Waals surface area contributed by atoms with Crippen LogP contribution in [-0.4, -0.2) is 78.4 Å². The van der Waals surface area contributed by atoms with E-state index in [-0.39, 0.29) is 11.8 Å². The minimum absolute atomic E-state index is 0.151. The van der Waals surface area contributed by atoms with Crippen LogP contribution < -0.4 is 10.6 Å². The molecule has 0 unspecified atom stereocenters. The van der Waals surface area contributed by atoms with Crippen LogP contribution in [0.4, 0.5) is 5.95 Å². The molecule has 2 aromatic rings. The van der Waals surface area contributed by atoms with Crippen molar-refractivity contribution in [3.8, 4) is 11.1 Å². The van der Waals surface area contributed by atoms with Crippen LogP contribution in [0.1, 0.15) is 47.7 Å². The number of aromatic nitrogens is 2. The molecular weight excluding hydrogens is 404 g/mol. The van der Waals surface area contributed by atoms with Gasteiger partial charge in [0.05, 0.1) is 5.69 Å². The molecule has 1 aromatic carbocycles. The van der Waals surface area contributed by atoms with Gasteiger partial charge >= 0.3 is 0 Å². The summed E-state index contributed by atoms with van der Waals surface area (Å²) < 4.78 is 0. The highest BCUT2D eigenvalue weighted by atomic mass is 16.2. The highest BCUT2D eigenvalue weighted by Gasteiger charge is 2.31. The van der Waals surface area contributed by atoms with Gasteiger partial charge < -0.3 is 20.4 Å². The van der Waals surface area contributed by atoms with Crippen LogP contribution in [0, 0.1) is 0 Å². The zero-order valence-electron chi connectivity index (χ0n) is 19.0. The standard InChI is InChI=1S/C24H32N6O2/c1-28(2)24-26-15-20(17-5-7-18(8-6-17)23(25)32)22(27-24)19-9-14-30(16-19)21(31)10-13-29-11-3-4-12-29/h5-8,15,19H,3-4,9-14,16H2,1-2H3,(H2,25,32)/t19-/m1/s1. The van der Waals surface area contributed by atoms with Gasteiger partial charge in [0.15, 0.2) is 0 Å². The van der Waals surface area contributed by atoms with Crippen LogP contribution in [-0.2, 0) is 4.79 Å². The molecule has 170 valence electrons. The van der Waals surface area contributed by atoms with Gasteiger partial charge in [-0.1, -0.05) is 12.1 Å². The van der Waals surface area contributed by atoms with Gasteiger partial charge in [-0.05, 0) is 50.0 Å². The van der Waals surface area contributed by atoms with Gasteiger partial charge in [0, 0.05) is 63.4 Å². The van der Waals surface area contributed by atoms with Gasteiger partial charge in [0.25, 0.3) is 0 Å². The van der Waals surface area contributed by atoms with Crippen molar-refractivity contribution in [3.63, 3.8) is 0 Å². The Morgan fingerprint density at radius 3 is 2.50 bits per heavy atom. The Labute approximate surface area is 189 Å². The molecule has 0 bridgehead atoms. The Hall–Kier alpha value is -3.00. The molecule has 0 radical (unpaired) electrons. The van der Waals surface area contributed by atoms with Crippen molar-refractivity contribution >= 4 is 17.8 Å². The van der Waals surface area contributed by atoms with Crippen molar-refractivity contribution in [3.05, 3.63) is 41.7 Å². The normalized spacial score (nSPS) is 18.8. The van der Waals surface area contributed by atoms with E-state index in [4.69, 9.17) is 10.7 Å². The van der Waals surface area contributed by atoms with Crippen LogP contribution in [0.25, 0.3) is 11.1 Å². The zero-order valence-corrected chi connectivity index (χ0v) is 19.0. The van der Waals surface area contributed by atoms with E-state index in [0.717, 1.165) is 49.4 Å². The Morgan fingerprint density at radius 2 is 1.84 bits per heavy atom. The van der Waals surface area contributed by atoms with Crippen molar-refractivity contribution in [1.82, 2.24) is 19.8 Å². The summed E-state index contributed by atoms with van der Waals surface area (Å²) in [7, 11) is 3.84. The number of nitrogens with two attached hydrogens (primary N) is 1. The molecule has 4 rings (SSSR count). The van der Waals surface area contributed by atoms with Crippen LogP contribution in [0.2, 0.25) is 0 Å². The Balaban J connectivity index is 1.53. The van der Waals surface area contributed by atoms with E-state index >= 15 is 0 Å². The fourth-order valence-corrected chi connectivity index (χ4v) is 4.58. The molecule has 2 N–H and O–H groups in total. The van der Waals surface area contributed by atoms with Crippen LogP contribution >= 0.6 is 0 Å². The molecule has 2 aliphatic rings.